The molecule has 0 heterocycles. The summed E-state index contributed by atoms with van der Waals surface area (Å²) >= 11 is 6.22. The van der Waals surface area contributed by atoms with Gasteiger partial charge in [-0.3, -0.25) is 13.9 Å². The summed E-state index contributed by atoms with van der Waals surface area (Å²) in [7, 11) is -2.29. The normalized spacial score (nSPS) is 12.0. The summed E-state index contributed by atoms with van der Waals surface area (Å²) in [4.78, 5) is 27.7. The molecule has 1 atom stereocenters. The van der Waals surface area contributed by atoms with Crippen LogP contribution in [-0.2, 0) is 26.2 Å². The van der Waals surface area contributed by atoms with Crippen molar-refractivity contribution >= 4 is 39.1 Å². The molecular weight excluding hydrogens is 466 g/mol. The molecule has 0 saturated carbocycles. The number of para-hydroxylation sites is 1. The van der Waals surface area contributed by atoms with E-state index >= 15 is 0 Å². The minimum Gasteiger partial charge on any atom is -0.497 e. The number of carbonyl (C=O) groups is 2. The van der Waals surface area contributed by atoms with E-state index in [-0.39, 0.29) is 23.2 Å². The van der Waals surface area contributed by atoms with Crippen LogP contribution < -0.4 is 14.4 Å². The average molecular weight is 496 g/mol. The van der Waals surface area contributed by atoms with Gasteiger partial charge in [-0.1, -0.05) is 42.8 Å². The first-order chi connectivity index (χ1) is 15.6. The Kier molecular flexibility index (Phi) is 9.55. The molecule has 0 radical (unpaired) electrons. The number of anilines is 1. The van der Waals surface area contributed by atoms with Gasteiger partial charge in [0.25, 0.3) is 0 Å². The second-order valence-electron chi connectivity index (χ2n) is 7.41. The van der Waals surface area contributed by atoms with E-state index < -0.39 is 28.5 Å². The van der Waals surface area contributed by atoms with Gasteiger partial charge >= 0.3 is 0 Å². The third-order valence-corrected chi connectivity index (χ3v) is 6.47. The molecule has 0 aliphatic heterocycles. The number of nitrogens with one attached hydrogen (secondary N) is 1. The quantitative estimate of drug-likeness (QED) is 0.517. The number of carbonyl (C=O) groups excluding carboxylic acids is 2. The molecule has 0 spiro atoms. The van der Waals surface area contributed by atoms with Crippen LogP contribution in [0.25, 0.3) is 0 Å². The zero-order chi connectivity index (χ0) is 24.6. The van der Waals surface area contributed by atoms with Gasteiger partial charge in [0.1, 0.15) is 18.3 Å². The molecule has 0 saturated heterocycles. The van der Waals surface area contributed by atoms with Crippen LogP contribution in [-0.4, -0.2) is 57.6 Å². The van der Waals surface area contributed by atoms with Crippen LogP contribution in [0.5, 0.6) is 5.75 Å². The van der Waals surface area contributed by atoms with Crippen molar-refractivity contribution in [3.05, 3.63) is 59.1 Å². The van der Waals surface area contributed by atoms with Crippen molar-refractivity contribution in [1.82, 2.24) is 10.2 Å². The van der Waals surface area contributed by atoms with Crippen molar-refractivity contribution in [2.24, 2.45) is 0 Å². The molecule has 0 bridgehead atoms. The Labute approximate surface area is 200 Å². The Bertz CT molecular complexity index is 1080. The lowest BCUT2D eigenvalue weighted by molar-refractivity contribution is -0.140. The fourth-order valence-corrected chi connectivity index (χ4v) is 4.58. The van der Waals surface area contributed by atoms with Crippen LogP contribution in [0.2, 0.25) is 5.02 Å². The van der Waals surface area contributed by atoms with Gasteiger partial charge in [0, 0.05) is 13.1 Å². The minimum absolute atomic E-state index is 0.103. The van der Waals surface area contributed by atoms with E-state index in [1.54, 1.807) is 57.4 Å². The van der Waals surface area contributed by atoms with Gasteiger partial charge in [-0.25, -0.2) is 8.42 Å². The lowest BCUT2D eigenvalue weighted by Gasteiger charge is -2.33. The maximum absolute atomic E-state index is 13.5. The van der Waals surface area contributed by atoms with Crippen LogP contribution in [0.4, 0.5) is 5.69 Å². The number of sulfonamides is 1. The van der Waals surface area contributed by atoms with Gasteiger partial charge < -0.3 is 15.0 Å². The first kappa shape index (κ1) is 26.5. The maximum Gasteiger partial charge on any atom is 0.244 e. The lowest BCUT2D eigenvalue weighted by atomic mass is 10.1. The second kappa shape index (κ2) is 11.9. The van der Waals surface area contributed by atoms with Gasteiger partial charge in [0.15, 0.2) is 0 Å². The lowest BCUT2D eigenvalue weighted by Crippen LogP contribution is -2.52. The molecule has 2 amide bonds. The summed E-state index contributed by atoms with van der Waals surface area (Å²) in [5, 5.41) is 2.95. The van der Waals surface area contributed by atoms with Crippen molar-refractivity contribution in [3.63, 3.8) is 0 Å². The summed E-state index contributed by atoms with van der Waals surface area (Å²) in [5.41, 5.74) is 0.941. The van der Waals surface area contributed by atoms with Crippen LogP contribution >= 0.6 is 11.6 Å². The maximum atomic E-state index is 13.5. The van der Waals surface area contributed by atoms with Gasteiger partial charge in [-0.2, -0.15) is 0 Å². The molecule has 2 aromatic carbocycles. The summed E-state index contributed by atoms with van der Waals surface area (Å²) in [5.74, 6) is -0.221. The van der Waals surface area contributed by atoms with E-state index in [9.17, 15) is 18.0 Å². The van der Waals surface area contributed by atoms with Crippen molar-refractivity contribution < 1.29 is 22.7 Å². The Morgan fingerprint density at radius 2 is 1.82 bits per heavy atom. The highest BCUT2D eigenvalue weighted by molar-refractivity contribution is 7.92. The Morgan fingerprint density at radius 3 is 2.39 bits per heavy atom. The monoisotopic (exact) mass is 495 g/mol. The molecule has 1 N–H and O–H groups in total. The molecular formula is C23H30ClN3O5S. The smallest absolute Gasteiger partial charge is 0.244 e. The summed E-state index contributed by atoms with van der Waals surface area (Å²) in [6, 6.07) is 12.8. The number of methoxy groups -OCH3 is 1. The van der Waals surface area contributed by atoms with Crippen molar-refractivity contribution in [1.29, 1.82) is 0 Å². The topological polar surface area (TPSA) is 96.0 Å². The fourth-order valence-electron chi connectivity index (χ4n) is 3.43. The van der Waals surface area contributed by atoms with E-state index in [1.165, 1.54) is 11.0 Å². The zero-order valence-electron chi connectivity index (χ0n) is 19.2. The van der Waals surface area contributed by atoms with E-state index in [1.807, 2.05) is 6.07 Å². The van der Waals surface area contributed by atoms with E-state index in [4.69, 9.17) is 16.3 Å². The molecule has 0 fully saturated rings. The number of nitrogens with zero attached hydrogens (tertiary/aromatic N) is 2. The molecule has 33 heavy (non-hydrogen) atoms. The number of amides is 2. The predicted octanol–water partition coefficient (Wildman–Crippen LogP) is 3.06. The third-order valence-electron chi connectivity index (χ3n) is 5.02. The number of halogens is 1. The van der Waals surface area contributed by atoms with Crippen molar-refractivity contribution in [2.75, 3.05) is 30.8 Å². The van der Waals surface area contributed by atoms with Crippen LogP contribution in [0.3, 0.4) is 0 Å². The molecule has 10 heteroatoms. The van der Waals surface area contributed by atoms with Crippen LogP contribution in [0, 0.1) is 0 Å². The zero-order valence-corrected chi connectivity index (χ0v) is 20.8. The van der Waals surface area contributed by atoms with E-state index in [0.29, 0.717) is 18.7 Å². The number of rotatable bonds is 11. The van der Waals surface area contributed by atoms with Gasteiger partial charge in [-0.05, 0) is 43.2 Å². The molecule has 0 aliphatic carbocycles. The number of likely N-dealkylation sites (N-methyl/N-ethyl adjacent to an activating group) is 1. The Balaban J connectivity index is 2.46. The number of benzene rings is 2. The average Bonchev–Trinajstić information content (AvgIpc) is 2.77. The largest absolute Gasteiger partial charge is 0.497 e. The van der Waals surface area contributed by atoms with Crippen molar-refractivity contribution in [3.8, 4) is 5.75 Å². The van der Waals surface area contributed by atoms with Crippen LogP contribution in [0.15, 0.2) is 48.5 Å². The molecule has 0 unspecified atom stereocenters. The molecule has 8 nitrogen and oxygen atoms in total. The summed E-state index contributed by atoms with van der Waals surface area (Å²) < 4.78 is 31.3. The number of hydrogen-bond donors (Lipinski definition) is 1. The molecule has 180 valence electrons. The van der Waals surface area contributed by atoms with Crippen LogP contribution in [0.1, 0.15) is 25.8 Å². The number of hydrogen-bond acceptors (Lipinski definition) is 5. The molecule has 2 aromatic rings. The molecule has 0 aliphatic rings. The number of ether oxygens (including phenoxy) is 1. The highest BCUT2D eigenvalue weighted by Crippen LogP contribution is 2.27. The second-order valence-corrected chi connectivity index (χ2v) is 9.73. The minimum atomic E-state index is -3.83. The van der Waals surface area contributed by atoms with Gasteiger partial charge in [-0.15, -0.1) is 0 Å². The standard InChI is InChI=1S/C23H30ClN3O5S/c1-5-20(23(29)25-6-2)26(15-17-10-9-11-18(14-17)32-3)22(28)16-27(33(4,30)31)21-13-8-7-12-19(21)24/h7-14,20H,5-6,15-16H2,1-4H3,(H,25,29)/t20-/m0/s1. The Morgan fingerprint density at radius 1 is 1.12 bits per heavy atom. The summed E-state index contributed by atoms with van der Waals surface area (Å²) in [6.45, 7) is 3.61. The molecule has 2 rings (SSSR count). The first-order valence-corrected chi connectivity index (χ1v) is 12.8. The highest BCUT2D eigenvalue weighted by Gasteiger charge is 2.32. The SMILES string of the molecule is CCNC(=O)[C@H](CC)N(Cc1cccc(OC)c1)C(=O)CN(c1ccccc1Cl)S(C)(=O)=O. The van der Waals surface area contributed by atoms with E-state index in [0.717, 1.165) is 16.1 Å². The fraction of sp³-hybridized carbons (Fsp3) is 0.391. The predicted molar refractivity (Wildman–Crippen MR) is 130 cm³/mol. The molecule has 0 aromatic heterocycles. The Hall–Kier alpha value is -2.78. The van der Waals surface area contributed by atoms with Gasteiger partial charge in [0.05, 0.1) is 24.1 Å². The van der Waals surface area contributed by atoms with E-state index in [2.05, 4.69) is 5.32 Å². The van der Waals surface area contributed by atoms with Crippen molar-refractivity contribution in [2.45, 2.75) is 32.9 Å². The third kappa shape index (κ3) is 7.10. The highest BCUT2D eigenvalue weighted by atomic mass is 35.5. The first-order valence-electron chi connectivity index (χ1n) is 10.5. The van der Waals surface area contributed by atoms with Gasteiger partial charge in [0.2, 0.25) is 21.8 Å². The summed E-state index contributed by atoms with van der Waals surface area (Å²) in [6.07, 6.45) is 1.36.